The largest absolute Gasteiger partial charge is 0.460 e. The second-order valence-corrected chi connectivity index (χ2v) is 10.4. The molecule has 1 N–H and O–H groups in total. The van der Waals surface area contributed by atoms with Crippen LogP contribution >= 0.6 is 0 Å². The second kappa shape index (κ2) is 12.9. The van der Waals surface area contributed by atoms with Gasteiger partial charge in [-0.1, -0.05) is 103 Å². The third kappa shape index (κ3) is 7.69. The molecule has 4 aromatic rings. The molecule has 7 heteroatoms. The monoisotopic (exact) mass is 539 g/mol. The van der Waals surface area contributed by atoms with Gasteiger partial charge in [0.05, 0.1) is 6.04 Å². The first kappa shape index (κ1) is 28.4. The molecule has 206 valence electrons. The molecule has 4 rings (SSSR count). The van der Waals surface area contributed by atoms with E-state index in [4.69, 9.17) is 14.2 Å². The Morgan fingerprint density at radius 3 is 1.73 bits per heavy atom. The fourth-order valence-electron chi connectivity index (χ4n) is 4.30. The first-order valence-corrected chi connectivity index (χ1v) is 13.1. The fourth-order valence-corrected chi connectivity index (χ4v) is 4.30. The van der Waals surface area contributed by atoms with Gasteiger partial charge < -0.3 is 19.5 Å². The molecule has 7 nitrogen and oxygen atoms in total. The zero-order valence-electron chi connectivity index (χ0n) is 22.8. The van der Waals surface area contributed by atoms with Crippen molar-refractivity contribution in [2.45, 2.75) is 45.6 Å². The van der Waals surface area contributed by atoms with Crippen LogP contribution in [0.2, 0.25) is 0 Å². The van der Waals surface area contributed by atoms with Gasteiger partial charge in [0.2, 0.25) is 0 Å². The van der Waals surface area contributed by atoms with E-state index >= 15 is 0 Å². The Kier molecular flexibility index (Phi) is 9.17. The van der Waals surface area contributed by atoms with Crippen molar-refractivity contribution in [2.24, 2.45) is 5.92 Å². The van der Waals surface area contributed by atoms with E-state index in [0.717, 1.165) is 21.9 Å². The van der Waals surface area contributed by atoms with Crippen LogP contribution in [-0.4, -0.2) is 23.6 Å². The molecule has 0 heterocycles. The molecule has 0 aliphatic carbocycles. The Hall–Kier alpha value is -4.65. The zero-order valence-corrected chi connectivity index (χ0v) is 22.8. The Labute approximate surface area is 234 Å². The highest BCUT2D eigenvalue weighted by atomic mass is 16.6. The summed E-state index contributed by atoms with van der Waals surface area (Å²) in [6.07, 6.45) is -0.776. The number of ether oxygens (including phenoxy) is 3. The average Bonchev–Trinajstić information content (AvgIpc) is 2.94. The summed E-state index contributed by atoms with van der Waals surface area (Å²) in [5, 5.41) is 4.42. The highest BCUT2D eigenvalue weighted by molar-refractivity contribution is 5.98. The minimum Gasteiger partial charge on any atom is -0.460 e. The Balaban J connectivity index is 1.72. The molecule has 1 amide bonds. The van der Waals surface area contributed by atoms with Crippen LogP contribution in [0.5, 0.6) is 0 Å². The highest BCUT2D eigenvalue weighted by Crippen LogP contribution is 2.32. The number of amides is 1. The van der Waals surface area contributed by atoms with Crippen molar-refractivity contribution in [1.82, 2.24) is 5.32 Å². The van der Waals surface area contributed by atoms with Crippen molar-refractivity contribution in [2.75, 3.05) is 0 Å². The van der Waals surface area contributed by atoms with Crippen LogP contribution in [-0.2, 0) is 37.0 Å². The molecule has 0 radical (unpaired) electrons. The van der Waals surface area contributed by atoms with E-state index in [-0.39, 0.29) is 13.2 Å². The molecular formula is C33H33NO6. The number of alkyl carbamates (subject to hydrolysis) is 1. The van der Waals surface area contributed by atoms with Crippen molar-refractivity contribution < 1.29 is 28.6 Å². The van der Waals surface area contributed by atoms with Crippen LogP contribution in [0.3, 0.4) is 0 Å². The van der Waals surface area contributed by atoms with Gasteiger partial charge in [-0.25, -0.2) is 4.79 Å². The van der Waals surface area contributed by atoms with Gasteiger partial charge in [0, 0.05) is 0 Å². The molecule has 0 bridgehead atoms. The van der Waals surface area contributed by atoms with Crippen molar-refractivity contribution in [3.63, 3.8) is 0 Å². The lowest BCUT2D eigenvalue weighted by molar-refractivity contribution is -0.165. The third-order valence-electron chi connectivity index (χ3n) is 6.12. The highest BCUT2D eigenvalue weighted by Gasteiger charge is 2.41. The van der Waals surface area contributed by atoms with E-state index in [0.29, 0.717) is 5.56 Å². The third-order valence-corrected chi connectivity index (χ3v) is 6.12. The van der Waals surface area contributed by atoms with Gasteiger partial charge in [-0.05, 0) is 48.2 Å². The molecule has 1 atom stereocenters. The van der Waals surface area contributed by atoms with Crippen LogP contribution in [0, 0.1) is 5.92 Å². The molecular weight excluding hydrogens is 506 g/mol. The van der Waals surface area contributed by atoms with E-state index in [2.05, 4.69) is 5.32 Å². The molecule has 0 saturated carbocycles. The van der Waals surface area contributed by atoms with E-state index in [1.807, 2.05) is 97.1 Å². The van der Waals surface area contributed by atoms with Crippen LogP contribution < -0.4 is 5.32 Å². The summed E-state index contributed by atoms with van der Waals surface area (Å²) < 4.78 is 16.8. The Morgan fingerprint density at radius 1 is 0.675 bits per heavy atom. The first-order chi connectivity index (χ1) is 19.2. The minimum absolute atomic E-state index is 0.0448. The normalized spacial score (nSPS) is 12.0. The number of hydrogen-bond acceptors (Lipinski definition) is 6. The van der Waals surface area contributed by atoms with Crippen molar-refractivity contribution in [3.05, 3.63) is 120 Å². The molecule has 0 aromatic heterocycles. The lowest BCUT2D eigenvalue weighted by Crippen LogP contribution is -2.44. The Bertz CT molecular complexity index is 1390. The number of nitrogens with one attached hydrogen (secondary N) is 1. The number of carbonyl (C=O) groups is 3. The lowest BCUT2D eigenvalue weighted by Gasteiger charge is -2.28. The standard InChI is InChI=1S/C33H33NO6/c1-33(2,3)40-32(37)34-29(27-20-12-18-25-17-10-11-19-26(25)27)28(30(35)38-21-23-13-6-4-7-14-23)31(36)39-22-24-15-8-5-9-16-24/h4-20,28-29H,21-22H2,1-3H3,(H,34,37)/t29-/m0/s1. The van der Waals surface area contributed by atoms with E-state index in [1.165, 1.54) is 0 Å². The predicted molar refractivity (Wildman–Crippen MR) is 152 cm³/mol. The quantitative estimate of drug-likeness (QED) is 0.148. The number of esters is 2. The topological polar surface area (TPSA) is 90.9 Å². The summed E-state index contributed by atoms with van der Waals surface area (Å²) in [7, 11) is 0. The molecule has 0 fully saturated rings. The van der Waals surface area contributed by atoms with Crippen molar-refractivity contribution in [3.8, 4) is 0 Å². The number of benzene rings is 4. The molecule has 40 heavy (non-hydrogen) atoms. The maximum atomic E-state index is 13.7. The van der Waals surface area contributed by atoms with E-state index in [9.17, 15) is 14.4 Å². The van der Waals surface area contributed by atoms with Gasteiger partial charge in [-0.2, -0.15) is 0 Å². The predicted octanol–water partition coefficient (Wildman–Crippen LogP) is 6.51. The maximum Gasteiger partial charge on any atom is 0.408 e. The minimum atomic E-state index is -1.51. The number of hydrogen-bond donors (Lipinski definition) is 1. The molecule has 0 unspecified atom stereocenters. The van der Waals surface area contributed by atoms with Crippen LogP contribution in [0.15, 0.2) is 103 Å². The van der Waals surface area contributed by atoms with Gasteiger partial charge >= 0.3 is 18.0 Å². The SMILES string of the molecule is CC(C)(C)OC(=O)N[C@@H](c1cccc2ccccc12)C(C(=O)OCc1ccccc1)C(=O)OCc1ccccc1. The maximum absolute atomic E-state index is 13.7. The zero-order chi connectivity index (χ0) is 28.5. The summed E-state index contributed by atoms with van der Waals surface area (Å²) >= 11 is 0. The summed E-state index contributed by atoms with van der Waals surface area (Å²) in [4.78, 5) is 40.4. The van der Waals surface area contributed by atoms with E-state index < -0.39 is 35.6 Å². The van der Waals surface area contributed by atoms with Crippen LogP contribution in [0.1, 0.15) is 43.5 Å². The van der Waals surface area contributed by atoms with Crippen LogP contribution in [0.4, 0.5) is 4.79 Å². The first-order valence-electron chi connectivity index (χ1n) is 13.1. The molecule has 0 aliphatic rings. The van der Waals surface area contributed by atoms with Crippen molar-refractivity contribution in [1.29, 1.82) is 0 Å². The summed E-state index contributed by atoms with van der Waals surface area (Å²) in [5.41, 5.74) is 1.27. The molecule has 0 spiro atoms. The summed E-state index contributed by atoms with van der Waals surface area (Å²) in [5.74, 6) is -3.16. The smallest absolute Gasteiger partial charge is 0.408 e. The average molecular weight is 540 g/mol. The molecule has 0 aliphatic heterocycles. The van der Waals surface area contributed by atoms with Gasteiger partial charge in [0.15, 0.2) is 5.92 Å². The van der Waals surface area contributed by atoms with Crippen molar-refractivity contribution >= 4 is 28.8 Å². The second-order valence-electron chi connectivity index (χ2n) is 10.4. The van der Waals surface area contributed by atoms with Gasteiger partial charge in [-0.3, -0.25) is 9.59 Å². The summed E-state index contributed by atoms with van der Waals surface area (Å²) in [6.45, 7) is 5.12. The van der Waals surface area contributed by atoms with E-state index in [1.54, 1.807) is 26.8 Å². The van der Waals surface area contributed by atoms with Gasteiger partial charge in [-0.15, -0.1) is 0 Å². The lowest BCUT2D eigenvalue weighted by atomic mass is 9.89. The molecule has 0 saturated heterocycles. The fraction of sp³-hybridized carbons (Fsp3) is 0.242. The Morgan fingerprint density at radius 2 is 1.18 bits per heavy atom. The van der Waals surface area contributed by atoms with Gasteiger partial charge in [0.25, 0.3) is 0 Å². The molecule has 4 aromatic carbocycles. The van der Waals surface area contributed by atoms with Gasteiger partial charge in [0.1, 0.15) is 18.8 Å². The summed E-state index contributed by atoms with van der Waals surface area (Å²) in [6, 6.07) is 30.2. The number of fused-ring (bicyclic) bond motifs is 1. The number of rotatable bonds is 9. The number of carbonyl (C=O) groups excluding carboxylic acids is 3. The van der Waals surface area contributed by atoms with Crippen LogP contribution in [0.25, 0.3) is 10.8 Å².